The monoisotopic (exact) mass is 333 g/mol. The molecule has 0 fully saturated rings. The van der Waals surface area contributed by atoms with Crippen LogP contribution in [0.5, 0.6) is 0 Å². The Labute approximate surface area is 103 Å². The standard InChI is InChI=1S/C10H5FINOS/c11-8-2-1-6(12)5-7(8)10(14)9-3-4-13-15-9/h1-5H. The van der Waals surface area contributed by atoms with Crippen LogP contribution in [-0.2, 0) is 0 Å². The van der Waals surface area contributed by atoms with Crippen LogP contribution < -0.4 is 0 Å². The third-order valence-corrected chi connectivity index (χ3v) is 3.25. The number of carbonyl (C=O) groups excluding carboxylic acids is 1. The Bertz CT molecular complexity index is 498. The molecule has 0 aliphatic heterocycles. The molecule has 0 saturated heterocycles. The smallest absolute Gasteiger partial charge is 0.207 e. The number of aromatic nitrogens is 1. The Hall–Kier alpha value is -0.820. The number of halogens is 2. The van der Waals surface area contributed by atoms with Gasteiger partial charge in [0, 0.05) is 9.77 Å². The molecule has 0 aliphatic rings. The fourth-order valence-corrected chi connectivity index (χ4v) is 2.18. The number of ketones is 1. The van der Waals surface area contributed by atoms with E-state index in [2.05, 4.69) is 4.37 Å². The largest absolute Gasteiger partial charge is 0.288 e. The number of hydrogen-bond donors (Lipinski definition) is 0. The molecule has 2 rings (SSSR count). The summed E-state index contributed by atoms with van der Waals surface area (Å²) >= 11 is 3.11. The number of nitrogens with zero attached hydrogens (tertiary/aromatic N) is 1. The molecule has 2 nitrogen and oxygen atoms in total. The summed E-state index contributed by atoms with van der Waals surface area (Å²) in [6, 6.07) is 6.06. The SMILES string of the molecule is O=C(c1ccns1)c1cc(I)ccc1F. The van der Waals surface area contributed by atoms with Crippen LogP contribution in [0.15, 0.2) is 30.5 Å². The minimum atomic E-state index is -0.492. The number of carbonyl (C=O) groups is 1. The first-order chi connectivity index (χ1) is 7.18. The lowest BCUT2D eigenvalue weighted by molar-refractivity contribution is 0.103. The van der Waals surface area contributed by atoms with Crippen molar-refractivity contribution in [1.29, 1.82) is 0 Å². The van der Waals surface area contributed by atoms with Gasteiger partial charge in [0.15, 0.2) is 0 Å². The second-order valence-electron chi connectivity index (χ2n) is 2.83. The molecule has 0 N–H and O–H groups in total. The van der Waals surface area contributed by atoms with Crippen molar-refractivity contribution in [2.75, 3.05) is 0 Å². The summed E-state index contributed by atoms with van der Waals surface area (Å²) in [7, 11) is 0. The molecule has 0 atom stereocenters. The molecule has 1 aromatic carbocycles. The van der Waals surface area contributed by atoms with Gasteiger partial charge in [0.2, 0.25) is 5.78 Å². The Morgan fingerprint density at radius 1 is 1.40 bits per heavy atom. The van der Waals surface area contributed by atoms with E-state index in [1.807, 2.05) is 22.6 Å². The molecule has 2 aromatic rings. The van der Waals surface area contributed by atoms with Gasteiger partial charge in [0.25, 0.3) is 0 Å². The molecule has 0 spiro atoms. The van der Waals surface area contributed by atoms with E-state index in [9.17, 15) is 9.18 Å². The summed E-state index contributed by atoms with van der Waals surface area (Å²) in [6.07, 6.45) is 1.53. The van der Waals surface area contributed by atoms with Crippen molar-refractivity contribution in [3.8, 4) is 0 Å². The zero-order valence-electron chi connectivity index (χ0n) is 7.41. The van der Waals surface area contributed by atoms with Crippen molar-refractivity contribution in [3.05, 3.63) is 50.3 Å². The van der Waals surface area contributed by atoms with Crippen molar-refractivity contribution >= 4 is 39.9 Å². The van der Waals surface area contributed by atoms with Crippen LogP contribution in [0.2, 0.25) is 0 Å². The van der Waals surface area contributed by atoms with Gasteiger partial charge in [-0.25, -0.2) is 8.76 Å². The predicted octanol–water partition coefficient (Wildman–Crippen LogP) is 3.12. The molecule has 0 saturated carbocycles. The number of hydrogen-bond acceptors (Lipinski definition) is 3. The van der Waals surface area contributed by atoms with Gasteiger partial charge in [-0.15, -0.1) is 0 Å². The summed E-state index contributed by atoms with van der Waals surface area (Å²) in [6.45, 7) is 0. The maximum atomic E-state index is 13.4. The highest BCUT2D eigenvalue weighted by Gasteiger charge is 2.15. The zero-order valence-corrected chi connectivity index (χ0v) is 10.4. The van der Waals surface area contributed by atoms with Crippen molar-refractivity contribution in [1.82, 2.24) is 4.37 Å². The van der Waals surface area contributed by atoms with E-state index >= 15 is 0 Å². The number of benzene rings is 1. The van der Waals surface area contributed by atoms with Gasteiger partial charge >= 0.3 is 0 Å². The molecule has 0 radical (unpaired) electrons. The minimum absolute atomic E-state index is 0.103. The van der Waals surface area contributed by atoms with E-state index in [1.165, 1.54) is 18.3 Å². The van der Waals surface area contributed by atoms with E-state index in [4.69, 9.17) is 0 Å². The maximum Gasteiger partial charge on any atom is 0.207 e. The second kappa shape index (κ2) is 4.36. The van der Waals surface area contributed by atoms with Gasteiger partial charge in [-0.2, -0.15) is 0 Å². The predicted molar refractivity (Wildman–Crippen MR) is 64.7 cm³/mol. The van der Waals surface area contributed by atoms with Gasteiger partial charge < -0.3 is 0 Å². The highest BCUT2D eigenvalue weighted by Crippen LogP contribution is 2.18. The molecule has 0 unspecified atom stereocenters. The molecule has 1 aromatic heterocycles. The maximum absolute atomic E-state index is 13.4. The Balaban J connectivity index is 2.46. The van der Waals surface area contributed by atoms with Crippen molar-refractivity contribution in [3.63, 3.8) is 0 Å². The van der Waals surface area contributed by atoms with E-state index in [-0.39, 0.29) is 11.3 Å². The summed E-state index contributed by atoms with van der Waals surface area (Å²) in [5.74, 6) is -0.803. The quantitative estimate of drug-likeness (QED) is 0.624. The van der Waals surface area contributed by atoms with Gasteiger partial charge in [-0.1, -0.05) is 0 Å². The highest BCUT2D eigenvalue weighted by atomic mass is 127. The molecule has 0 amide bonds. The summed E-state index contributed by atoms with van der Waals surface area (Å²) < 4.78 is 18.0. The first-order valence-electron chi connectivity index (χ1n) is 4.09. The zero-order chi connectivity index (χ0) is 10.8. The molecule has 15 heavy (non-hydrogen) atoms. The number of rotatable bonds is 2. The van der Waals surface area contributed by atoms with Crippen LogP contribution in [-0.4, -0.2) is 10.2 Å². The van der Waals surface area contributed by atoms with Gasteiger partial charge in [-0.05, 0) is 58.4 Å². The average molecular weight is 333 g/mol. The first-order valence-corrected chi connectivity index (χ1v) is 5.94. The Morgan fingerprint density at radius 3 is 2.87 bits per heavy atom. The minimum Gasteiger partial charge on any atom is -0.288 e. The lowest BCUT2D eigenvalue weighted by Gasteiger charge is -2.00. The Kier molecular flexibility index (Phi) is 3.11. The topological polar surface area (TPSA) is 30.0 Å². The van der Waals surface area contributed by atoms with E-state index in [0.717, 1.165) is 15.1 Å². The third-order valence-electron chi connectivity index (χ3n) is 1.83. The van der Waals surface area contributed by atoms with Crippen LogP contribution in [0, 0.1) is 9.39 Å². The first kappa shape index (κ1) is 10.7. The summed E-state index contributed by atoms with van der Waals surface area (Å²) in [4.78, 5) is 12.3. The molecule has 1 heterocycles. The van der Waals surface area contributed by atoms with Gasteiger partial charge in [0.1, 0.15) is 5.82 Å². The van der Waals surface area contributed by atoms with Crippen LogP contribution in [0.3, 0.4) is 0 Å². The third kappa shape index (κ3) is 2.23. The summed E-state index contributed by atoms with van der Waals surface area (Å²) in [5.41, 5.74) is 0.103. The van der Waals surface area contributed by atoms with Crippen LogP contribution in [0.25, 0.3) is 0 Å². The molecule has 0 aliphatic carbocycles. The fourth-order valence-electron chi connectivity index (χ4n) is 1.14. The second-order valence-corrected chi connectivity index (χ2v) is 4.91. The van der Waals surface area contributed by atoms with Crippen molar-refractivity contribution in [2.24, 2.45) is 0 Å². The molecular formula is C10H5FINOS. The van der Waals surface area contributed by atoms with Crippen molar-refractivity contribution in [2.45, 2.75) is 0 Å². The van der Waals surface area contributed by atoms with E-state index < -0.39 is 5.82 Å². The lowest BCUT2D eigenvalue weighted by Crippen LogP contribution is -2.02. The van der Waals surface area contributed by atoms with Gasteiger partial charge in [0.05, 0.1) is 10.4 Å². The normalized spacial score (nSPS) is 10.3. The molecule has 5 heteroatoms. The van der Waals surface area contributed by atoms with Gasteiger partial charge in [-0.3, -0.25) is 4.79 Å². The van der Waals surface area contributed by atoms with Crippen LogP contribution in [0.1, 0.15) is 15.2 Å². The molecule has 76 valence electrons. The Morgan fingerprint density at radius 2 is 2.20 bits per heavy atom. The lowest BCUT2D eigenvalue weighted by atomic mass is 10.1. The molecule has 0 bridgehead atoms. The molecular weight excluding hydrogens is 328 g/mol. The van der Waals surface area contributed by atoms with Crippen molar-refractivity contribution < 1.29 is 9.18 Å². The summed E-state index contributed by atoms with van der Waals surface area (Å²) in [5, 5.41) is 0. The average Bonchev–Trinajstić information content (AvgIpc) is 2.74. The van der Waals surface area contributed by atoms with Crippen LogP contribution in [0.4, 0.5) is 4.39 Å². The highest BCUT2D eigenvalue weighted by molar-refractivity contribution is 14.1. The van der Waals surface area contributed by atoms with Crippen LogP contribution >= 0.6 is 34.1 Å². The van der Waals surface area contributed by atoms with E-state index in [0.29, 0.717) is 4.88 Å². The fraction of sp³-hybridized carbons (Fsp3) is 0. The van der Waals surface area contributed by atoms with E-state index in [1.54, 1.807) is 12.1 Å².